The fraction of sp³-hybridized carbons (Fsp3) is 0.500. The molecular formula is C18H20N2O3S. The molecule has 1 aliphatic heterocycles. The average molecular weight is 344 g/mol. The van der Waals surface area contributed by atoms with Crippen LogP contribution in [0, 0.1) is 30.6 Å². The molecule has 1 aromatic heterocycles. The number of imide groups is 1. The number of fused-ring (bicyclic) bond motifs is 5. The molecule has 0 unspecified atom stereocenters. The fourth-order valence-corrected chi connectivity index (χ4v) is 5.21. The zero-order chi connectivity index (χ0) is 17.0. The molecule has 1 saturated heterocycles. The van der Waals surface area contributed by atoms with Gasteiger partial charge >= 0.3 is 0 Å². The van der Waals surface area contributed by atoms with Crippen LogP contribution in [0.3, 0.4) is 0 Å². The van der Waals surface area contributed by atoms with Crippen molar-refractivity contribution >= 4 is 29.1 Å². The number of hydrogen-bond acceptors (Lipinski definition) is 4. The number of nitrogens with zero attached hydrogens (tertiary/aromatic N) is 2. The van der Waals surface area contributed by atoms with Crippen LogP contribution in [-0.2, 0) is 20.9 Å². The minimum absolute atomic E-state index is 0.134. The molecule has 3 amide bonds. The first-order chi connectivity index (χ1) is 11.5. The molecule has 2 aliphatic carbocycles. The molecule has 6 heteroatoms. The van der Waals surface area contributed by atoms with Gasteiger partial charge in [-0.1, -0.05) is 12.2 Å². The van der Waals surface area contributed by atoms with Crippen molar-refractivity contribution in [3.63, 3.8) is 0 Å². The highest BCUT2D eigenvalue weighted by molar-refractivity contribution is 7.11. The zero-order valence-electron chi connectivity index (χ0n) is 13.8. The summed E-state index contributed by atoms with van der Waals surface area (Å²) < 4.78 is 0. The minimum Gasteiger partial charge on any atom is -0.339 e. The number of hydrogen-bond donors (Lipinski definition) is 0. The van der Waals surface area contributed by atoms with Gasteiger partial charge in [-0.25, -0.2) is 0 Å². The summed E-state index contributed by atoms with van der Waals surface area (Å²) in [4.78, 5) is 42.8. The van der Waals surface area contributed by atoms with E-state index in [2.05, 4.69) is 12.2 Å². The molecule has 2 bridgehead atoms. The second-order valence-electron chi connectivity index (χ2n) is 7.02. The standard InChI is InChI=1S/C18H20N2O3S/c1-10-3-6-13(24-10)8-19(2)14(21)9-20-17(22)15-11-4-5-12(7-11)16(15)18(20)23/h3-6,11-12,15-16H,7-9H2,1-2H3/t11-,12-,15+,16+/m0/s1. The average Bonchev–Trinajstić information content (AvgIpc) is 3.29. The lowest BCUT2D eigenvalue weighted by molar-refractivity contribution is -0.146. The van der Waals surface area contributed by atoms with Gasteiger partial charge in [-0.05, 0) is 37.3 Å². The van der Waals surface area contributed by atoms with Gasteiger partial charge in [0.2, 0.25) is 17.7 Å². The van der Waals surface area contributed by atoms with Crippen molar-refractivity contribution in [2.45, 2.75) is 19.9 Å². The molecular weight excluding hydrogens is 324 g/mol. The molecule has 0 aromatic carbocycles. The Bertz CT molecular complexity index is 723. The van der Waals surface area contributed by atoms with Gasteiger partial charge in [0.05, 0.1) is 18.4 Å². The molecule has 1 saturated carbocycles. The van der Waals surface area contributed by atoms with Crippen molar-refractivity contribution in [3.8, 4) is 0 Å². The number of amides is 3. The van der Waals surface area contributed by atoms with Gasteiger partial charge in [0, 0.05) is 16.8 Å². The molecule has 4 rings (SSSR count). The molecule has 3 aliphatic rings. The Morgan fingerprint density at radius 3 is 2.38 bits per heavy atom. The van der Waals surface area contributed by atoms with Crippen LogP contribution in [0.25, 0.3) is 0 Å². The second-order valence-corrected chi connectivity index (χ2v) is 8.40. The van der Waals surface area contributed by atoms with E-state index in [0.717, 1.165) is 11.3 Å². The summed E-state index contributed by atoms with van der Waals surface area (Å²) in [7, 11) is 1.72. The predicted molar refractivity (Wildman–Crippen MR) is 90.0 cm³/mol. The van der Waals surface area contributed by atoms with Crippen LogP contribution in [0.15, 0.2) is 24.3 Å². The minimum atomic E-state index is -0.231. The summed E-state index contributed by atoms with van der Waals surface area (Å²) in [5.41, 5.74) is 0. The van der Waals surface area contributed by atoms with Gasteiger partial charge in [-0.15, -0.1) is 11.3 Å². The lowest BCUT2D eigenvalue weighted by Crippen LogP contribution is -2.42. The van der Waals surface area contributed by atoms with E-state index < -0.39 is 0 Å². The lowest BCUT2D eigenvalue weighted by Gasteiger charge is -2.21. The predicted octanol–water partition coefficient (Wildman–Crippen LogP) is 1.82. The molecule has 1 aromatic rings. The smallest absolute Gasteiger partial charge is 0.242 e. The zero-order valence-corrected chi connectivity index (χ0v) is 14.6. The SMILES string of the molecule is Cc1ccc(CN(C)C(=O)CN2C(=O)[C@H]3[C@H](C2=O)[C@H]2C=C[C@H]3C2)s1. The molecule has 5 nitrogen and oxygen atoms in total. The quantitative estimate of drug-likeness (QED) is 0.618. The topological polar surface area (TPSA) is 57.7 Å². The molecule has 4 atom stereocenters. The van der Waals surface area contributed by atoms with Gasteiger partial charge in [0.15, 0.2) is 0 Å². The van der Waals surface area contributed by atoms with Gasteiger partial charge in [-0.3, -0.25) is 19.3 Å². The first kappa shape index (κ1) is 15.6. The third-order valence-corrected chi connectivity index (χ3v) is 6.46. The highest BCUT2D eigenvalue weighted by atomic mass is 32.1. The normalized spacial score (nSPS) is 30.3. The van der Waals surface area contributed by atoms with Gasteiger partial charge in [0.1, 0.15) is 6.54 Å². The first-order valence-electron chi connectivity index (χ1n) is 8.28. The van der Waals surface area contributed by atoms with Gasteiger partial charge in [-0.2, -0.15) is 0 Å². The molecule has 0 N–H and O–H groups in total. The van der Waals surface area contributed by atoms with Crippen LogP contribution in [0.5, 0.6) is 0 Å². The Labute approximate surface area is 144 Å². The van der Waals surface area contributed by atoms with Crippen molar-refractivity contribution in [1.29, 1.82) is 0 Å². The summed E-state index contributed by atoms with van der Waals surface area (Å²) in [6, 6.07) is 4.03. The fourth-order valence-electron chi connectivity index (χ4n) is 4.27. The Morgan fingerprint density at radius 2 is 1.83 bits per heavy atom. The largest absolute Gasteiger partial charge is 0.339 e. The highest BCUT2D eigenvalue weighted by Gasteiger charge is 2.59. The van der Waals surface area contributed by atoms with Crippen LogP contribution in [-0.4, -0.2) is 41.1 Å². The molecule has 24 heavy (non-hydrogen) atoms. The van der Waals surface area contributed by atoms with E-state index >= 15 is 0 Å². The summed E-state index contributed by atoms with van der Waals surface area (Å²) in [5.74, 6) is -0.600. The van der Waals surface area contributed by atoms with E-state index in [4.69, 9.17) is 0 Å². The third-order valence-electron chi connectivity index (χ3n) is 5.47. The summed E-state index contributed by atoms with van der Waals surface area (Å²) in [6.45, 7) is 2.40. The van der Waals surface area contributed by atoms with E-state index in [-0.39, 0.29) is 47.9 Å². The van der Waals surface area contributed by atoms with Crippen LogP contribution in [0.1, 0.15) is 16.2 Å². The maximum Gasteiger partial charge on any atom is 0.242 e. The lowest BCUT2D eigenvalue weighted by atomic mass is 9.85. The number of carbonyl (C=O) groups is 3. The number of thiophene rings is 1. The number of likely N-dealkylation sites (N-methyl/N-ethyl adjacent to an activating group) is 1. The van der Waals surface area contributed by atoms with E-state index in [0.29, 0.717) is 6.54 Å². The second kappa shape index (κ2) is 5.55. The van der Waals surface area contributed by atoms with Crippen molar-refractivity contribution < 1.29 is 14.4 Å². The molecule has 2 fully saturated rings. The van der Waals surface area contributed by atoms with E-state index in [1.54, 1.807) is 23.3 Å². The molecule has 126 valence electrons. The van der Waals surface area contributed by atoms with Crippen LogP contribution in [0.4, 0.5) is 0 Å². The summed E-state index contributed by atoms with van der Waals surface area (Å²) >= 11 is 1.65. The Balaban J connectivity index is 1.43. The van der Waals surface area contributed by atoms with Gasteiger partial charge in [0.25, 0.3) is 0 Å². The van der Waals surface area contributed by atoms with E-state index in [9.17, 15) is 14.4 Å². The number of likely N-dealkylation sites (tertiary alicyclic amines) is 1. The van der Waals surface area contributed by atoms with Crippen LogP contribution >= 0.6 is 11.3 Å². The monoisotopic (exact) mass is 344 g/mol. The Kier molecular flexibility index (Phi) is 3.60. The third kappa shape index (κ3) is 2.32. The number of aryl methyl sites for hydroxylation is 1. The van der Waals surface area contributed by atoms with Crippen molar-refractivity contribution in [2.24, 2.45) is 23.7 Å². The van der Waals surface area contributed by atoms with Crippen molar-refractivity contribution in [2.75, 3.05) is 13.6 Å². The van der Waals surface area contributed by atoms with Crippen LogP contribution in [0.2, 0.25) is 0 Å². The molecule has 2 heterocycles. The van der Waals surface area contributed by atoms with Gasteiger partial charge < -0.3 is 4.90 Å². The molecule has 0 radical (unpaired) electrons. The highest BCUT2D eigenvalue weighted by Crippen LogP contribution is 2.52. The Hall–Kier alpha value is -1.95. The van der Waals surface area contributed by atoms with Crippen molar-refractivity contribution in [1.82, 2.24) is 9.80 Å². The first-order valence-corrected chi connectivity index (χ1v) is 9.10. The molecule has 0 spiro atoms. The van der Waals surface area contributed by atoms with Crippen LogP contribution < -0.4 is 0 Å². The number of rotatable bonds is 4. The van der Waals surface area contributed by atoms with E-state index in [1.165, 1.54) is 9.78 Å². The number of carbonyl (C=O) groups excluding carboxylic acids is 3. The van der Waals surface area contributed by atoms with Crippen molar-refractivity contribution in [3.05, 3.63) is 34.0 Å². The summed E-state index contributed by atoms with van der Waals surface area (Å²) in [5, 5.41) is 0. The maximum absolute atomic E-state index is 12.6. The number of allylic oxidation sites excluding steroid dienone is 2. The maximum atomic E-state index is 12.6. The van der Waals surface area contributed by atoms with E-state index in [1.807, 2.05) is 19.1 Å². The Morgan fingerprint density at radius 1 is 1.21 bits per heavy atom. The summed E-state index contributed by atoms with van der Waals surface area (Å²) in [6.07, 6.45) is 5.04.